The molecule has 0 heterocycles. The van der Waals surface area contributed by atoms with E-state index in [9.17, 15) is 18.0 Å². The van der Waals surface area contributed by atoms with Crippen LogP contribution in [0.3, 0.4) is 0 Å². The molecule has 8 nitrogen and oxygen atoms in total. The summed E-state index contributed by atoms with van der Waals surface area (Å²) in [6.07, 6.45) is 2.04. The molecule has 0 aliphatic heterocycles. The highest BCUT2D eigenvalue weighted by Gasteiger charge is 2.33. The van der Waals surface area contributed by atoms with Gasteiger partial charge in [0.15, 0.2) is 0 Å². The highest BCUT2D eigenvalue weighted by Crippen LogP contribution is 2.24. The van der Waals surface area contributed by atoms with Gasteiger partial charge >= 0.3 is 0 Å². The van der Waals surface area contributed by atoms with Gasteiger partial charge in [0.25, 0.3) is 0 Å². The van der Waals surface area contributed by atoms with Crippen molar-refractivity contribution in [1.29, 1.82) is 0 Å². The van der Waals surface area contributed by atoms with Crippen LogP contribution in [-0.2, 0) is 32.6 Å². The van der Waals surface area contributed by atoms with Crippen LogP contribution in [0.4, 0.5) is 5.69 Å². The molecule has 1 N–H and O–H groups in total. The van der Waals surface area contributed by atoms with Crippen molar-refractivity contribution in [3.8, 4) is 5.75 Å². The molecule has 3 aromatic rings. The molecule has 0 fully saturated rings. The molecule has 3 aromatic carbocycles. The van der Waals surface area contributed by atoms with Gasteiger partial charge in [-0.3, -0.25) is 13.9 Å². The first-order valence-electron chi connectivity index (χ1n) is 13.0. The number of carbonyl (C=O) groups is 2. The van der Waals surface area contributed by atoms with E-state index in [0.29, 0.717) is 11.4 Å². The maximum Gasteiger partial charge on any atom is 0.244 e. The third-order valence-corrected chi connectivity index (χ3v) is 8.17. The molecule has 214 valence electrons. The van der Waals surface area contributed by atoms with Gasteiger partial charge in [0.05, 0.1) is 19.1 Å². The molecule has 2 amide bonds. The molecule has 0 radical (unpaired) electrons. The SMILES string of the molecule is CC[C@H](C)NC(=O)[C@@H](Cc1ccccc1)N(Cc1cccc(Br)c1)C(=O)CN(c1cccc(OC)c1)S(C)(=O)=O. The average molecular weight is 631 g/mol. The second-order valence-corrected chi connectivity index (χ2v) is 12.5. The lowest BCUT2D eigenvalue weighted by Crippen LogP contribution is -2.54. The van der Waals surface area contributed by atoms with E-state index in [1.54, 1.807) is 24.3 Å². The maximum atomic E-state index is 14.1. The summed E-state index contributed by atoms with van der Waals surface area (Å²) in [5.74, 6) is -0.346. The zero-order chi connectivity index (χ0) is 29.3. The zero-order valence-corrected chi connectivity index (χ0v) is 25.6. The van der Waals surface area contributed by atoms with Gasteiger partial charge in [0.2, 0.25) is 21.8 Å². The van der Waals surface area contributed by atoms with Gasteiger partial charge < -0.3 is 15.0 Å². The average Bonchev–Trinajstić information content (AvgIpc) is 2.93. The minimum atomic E-state index is -3.86. The fourth-order valence-electron chi connectivity index (χ4n) is 4.21. The Morgan fingerprint density at radius 3 is 2.27 bits per heavy atom. The molecule has 2 atom stereocenters. The summed E-state index contributed by atoms with van der Waals surface area (Å²) >= 11 is 3.48. The molecule has 0 aliphatic carbocycles. The Morgan fingerprint density at radius 1 is 0.975 bits per heavy atom. The van der Waals surface area contributed by atoms with E-state index >= 15 is 0 Å². The number of anilines is 1. The van der Waals surface area contributed by atoms with Gasteiger partial charge in [0, 0.05) is 29.5 Å². The number of rotatable bonds is 13. The first-order valence-corrected chi connectivity index (χ1v) is 15.7. The molecule has 0 bridgehead atoms. The van der Waals surface area contributed by atoms with Crippen LogP contribution in [0.5, 0.6) is 5.75 Å². The lowest BCUT2D eigenvalue weighted by atomic mass is 10.0. The Hall–Kier alpha value is -3.37. The van der Waals surface area contributed by atoms with E-state index in [-0.39, 0.29) is 24.9 Å². The highest BCUT2D eigenvalue weighted by atomic mass is 79.9. The number of ether oxygens (including phenoxy) is 1. The van der Waals surface area contributed by atoms with Crippen molar-refractivity contribution in [3.05, 3.63) is 94.5 Å². The Bertz CT molecular complexity index is 1400. The van der Waals surface area contributed by atoms with Crippen LogP contribution in [0.1, 0.15) is 31.4 Å². The Labute approximate surface area is 245 Å². The maximum absolute atomic E-state index is 14.1. The van der Waals surface area contributed by atoms with Crippen molar-refractivity contribution in [2.45, 2.75) is 45.3 Å². The lowest BCUT2D eigenvalue weighted by molar-refractivity contribution is -0.140. The van der Waals surface area contributed by atoms with E-state index in [1.807, 2.05) is 68.4 Å². The molecule has 10 heteroatoms. The van der Waals surface area contributed by atoms with Crippen molar-refractivity contribution in [2.24, 2.45) is 0 Å². The summed E-state index contributed by atoms with van der Waals surface area (Å²) in [6.45, 7) is 3.51. The van der Waals surface area contributed by atoms with Gasteiger partial charge in [-0.2, -0.15) is 0 Å². The van der Waals surface area contributed by atoms with Crippen LogP contribution in [0, 0.1) is 0 Å². The minimum absolute atomic E-state index is 0.0992. The van der Waals surface area contributed by atoms with Gasteiger partial charge in [-0.1, -0.05) is 71.4 Å². The first kappa shape index (κ1) is 31.2. The molecule has 3 rings (SSSR count). The number of halogens is 1. The Kier molecular flexibility index (Phi) is 11.2. The van der Waals surface area contributed by atoms with Crippen molar-refractivity contribution in [1.82, 2.24) is 10.2 Å². The quantitative estimate of drug-likeness (QED) is 0.294. The molecular formula is C30H36BrN3O5S. The number of benzene rings is 3. The summed E-state index contributed by atoms with van der Waals surface area (Å²) in [7, 11) is -2.37. The van der Waals surface area contributed by atoms with Crippen LogP contribution >= 0.6 is 15.9 Å². The Morgan fingerprint density at radius 2 is 1.65 bits per heavy atom. The van der Waals surface area contributed by atoms with Gasteiger partial charge in [-0.25, -0.2) is 8.42 Å². The molecule has 0 saturated heterocycles. The lowest BCUT2D eigenvalue weighted by Gasteiger charge is -2.34. The van der Waals surface area contributed by atoms with Crippen LogP contribution in [0.15, 0.2) is 83.3 Å². The topological polar surface area (TPSA) is 96.0 Å². The predicted octanol–water partition coefficient (Wildman–Crippen LogP) is 4.78. The van der Waals surface area contributed by atoms with Crippen LogP contribution in [0.2, 0.25) is 0 Å². The molecular weight excluding hydrogens is 594 g/mol. The molecule has 0 aliphatic rings. The predicted molar refractivity (Wildman–Crippen MR) is 162 cm³/mol. The third-order valence-electron chi connectivity index (χ3n) is 6.53. The highest BCUT2D eigenvalue weighted by molar-refractivity contribution is 9.10. The van der Waals surface area contributed by atoms with Crippen molar-refractivity contribution < 1.29 is 22.7 Å². The summed E-state index contributed by atoms with van der Waals surface area (Å²) < 4.78 is 32.9. The van der Waals surface area contributed by atoms with Crippen LogP contribution < -0.4 is 14.4 Å². The monoisotopic (exact) mass is 629 g/mol. The number of carbonyl (C=O) groups excluding carboxylic acids is 2. The molecule has 0 unspecified atom stereocenters. The number of hydrogen-bond donors (Lipinski definition) is 1. The van der Waals surface area contributed by atoms with Gasteiger partial charge in [-0.05, 0) is 48.7 Å². The number of nitrogens with zero attached hydrogens (tertiary/aromatic N) is 2. The number of amides is 2. The summed E-state index contributed by atoms with van der Waals surface area (Å²) in [5.41, 5.74) is 1.97. The van der Waals surface area contributed by atoms with E-state index in [4.69, 9.17) is 4.74 Å². The number of sulfonamides is 1. The smallest absolute Gasteiger partial charge is 0.244 e. The zero-order valence-electron chi connectivity index (χ0n) is 23.2. The molecule has 0 aromatic heterocycles. The number of nitrogens with one attached hydrogen (secondary N) is 1. The standard InChI is InChI=1S/C30H36BrN3O5S/c1-5-22(2)32-30(36)28(18-23-11-7-6-8-12-23)33(20-24-13-9-14-25(31)17-24)29(35)21-34(40(4,37)38)26-15-10-16-27(19-26)39-3/h6-17,19,22,28H,5,18,20-21H2,1-4H3,(H,32,36)/t22-,28+/m0/s1. The second-order valence-electron chi connectivity index (χ2n) is 9.65. The minimum Gasteiger partial charge on any atom is -0.497 e. The van der Waals surface area contributed by atoms with E-state index < -0.39 is 28.5 Å². The van der Waals surface area contributed by atoms with Crippen molar-refractivity contribution in [2.75, 3.05) is 24.2 Å². The molecule has 40 heavy (non-hydrogen) atoms. The summed E-state index contributed by atoms with van der Waals surface area (Å²) in [6, 6.07) is 22.5. The second kappa shape index (κ2) is 14.3. The fourth-order valence-corrected chi connectivity index (χ4v) is 5.49. The number of hydrogen-bond acceptors (Lipinski definition) is 5. The normalized spacial score (nSPS) is 12.7. The summed E-state index contributed by atoms with van der Waals surface area (Å²) in [4.78, 5) is 29.3. The number of methoxy groups -OCH3 is 1. The summed E-state index contributed by atoms with van der Waals surface area (Å²) in [5, 5.41) is 3.02. The fraction of sp³-hybridized carbons (Fsp3) is 0.333. The van der Waals surface area contributed by atoms with E-state index in [1.165, 1.54) is 12.0 Å². The third kappa shape index (κ3) is 8.82. The molecule has 0 saturated carbocycles. The van der Waals surface area contributed by atoms with Crippen molar-refractivity contribution in [3.63, 3.8) is 0 Å². The van der Waals surface area contributed by atoms with Gasteiger partial charge in [0.1, 0.15) is 18.3 Å². The molecule has 0 spiro atoms. The van der Waals surface area contributed by atoms with E-state index in [2.05, 4.69) is 21.2 Å². The van der Waals surface area contributed by atoms with Crippen LogP contribution in [0.25, 0.3) is 0 Å². The van der Waals surface area contributed by atoms with E-state index in [0.717, 1.165) is 32.6 Å². The first-order chi connectivity index (χ1) is 19.0. The largest absolute Gasteiger partial charge is 0.497 e. The van der Waals surface area contributed by atoms with Crippen LogP contribution in [-0.4, -0.2) is 57.1 Å². The Balaban J connectivity index is 2.06. The van der Waals surface area contributed by atoms with Crippen molar-refractivity contribution >= 4 is 43.5 Å². The van der Waals surface area contributed by atoms with Gasteiger partial charge in [-0.15, -0.1) is 0 Å².